The van der Waals surface area contributed by atoms with Gasteiger partial charge in [0.2, 0.25) is 10.0 Å². The van der Waals surface area contributed by atoms with Gasteiger partial charge in [-0.15, -0.1) is 0 Å². The molecule has 0 saturated carbocycles. The number of nitrogens with zero attached hydrogens (tertiary/aromatic N) is 3. The van der Waals surface area contributed by atoms with E-state index in [4.69, 9.17) is 5.26 Å². The SMILES string of the molecule is CN(C)CC1CC(O)CN1S(=O)(=O)c1ccccc1C#N. The van der Waals surface area contributed by atoms with Gasteiger partial charge < -0.3 is 10.0 Å². The number of sulfonamides is 1. The van der Waals surface area contributed by atoms with Gasteiger partial charge in [0, 0.05) is 19.1 Å². The van der Waals surface area contributed by atoms with E-state index in [9.17, 15) is 13.5 Å². The number of aliphatic hydroxyl groups is 1. The van der Waals surface area contributed by atoms with Gasteiger partial charge in [0.15, 0.2) is 0 Å². The van der Waals surface area contributed by atoms with Crippen molar-refractivity contribution < 1.29 is 13.5 Å². The first-order chi connectivity index (χ1) is 9.86. The van der Waals surface area contributed by atoms with Gasteiger partial charge in [-0.3, -0.25) is 0 Å². The molecule has 1 saturated heterocycles. The molecule has 1 aromatic carbocycles. The summed E-state index contributed by atoms with van der Waals surface area (Å²) in [5.74, 6) is 0. The highest BCUT2D eigenvalue weighted by Crippen LogP contribution is 2.28. The molecule has 1 aliphatic heterocycles. The van der Waals surface area contributed by atoms with Gasteiger partial charge in [0.25, 0.3) is 0 Å². The minimum absolute atomic E-state index is 0.00496. The van der Waals surface area contributed by atoms with E-state index in [2.05, 4.69) is 0 Å². The molecule has 21 heavy (non-hydrogen) atoms. The third kappa shape index (κ3) is 3.24. The predicted molar refractivity (Wildman–Crippen MR) is 78.0 cm³/mol. The van der Waals surface area contributed by atoms with E-state index in [-0.39, 0.29) is 23.0 Å². The minimum Gasteiger partial charge on any atom is -0.392 e. The van der Waals surface area contributed by atoms with Gasteiger partial charge in [0.1, 0.15) is 6.07 Å². The lowest BCUT2D eigenvalue weighted by Crippen LogP contribution is -2.41. The van der Waals surface area contributed by atoms with Crippen molar-refractivity contribution in [3.63, 3.8) is 0 Å². The molecule has 0 radical (unpaired) electrons. The van der Waals surface area contributed by atoms with E-state index in [1.807, 2.05) is 25.1 Å². The molecule has 2 atom stereocenters. The highest BCUT2D eigenvalue weighted by atomic mass is 32.2. The second-order valence-electron chi connectivity index (χ2n) is 5.49. The van der Waals surface area contributed by atoms with Crippen molar-refractivity contribution in [2.45, 2.75) is 23.5 Å². The first-order valence-corrected chi connectivity index (χ1v) is 8.14. The zero-order valence-corrected chi connectivity index (χ0v) is 12.9. The molecule has 2 unspecified atom stereocenters. The van der Waals surface area contributed by atoms with Crippen molar-refractivity contribution in [2.75, 3.05) is 27.2 Å². The quantitative estimate of drug-likeness (QED) is 0.861. The number of β-amino-alcohol motifs (C(OH)–C–C–N with tert-alkyl or cyclic N) is 1. The van der Waals surface area contributed by atoms with Crippen molar-refractivity contribution in [3.05, 3.63) is 29.8 Å². The average molecular weight is 309 g/mol. The molecule has 2 rings (SSSR count). The van der Waals surface area contributed by atoms with Crippen LogP contribution in [0.1, 0.15) is 12.0 Å². The number of nitriles is 1. The number of aliphatic hydroxyl groups excluding tert-OH is 1. The Labute approximate surface area is 125 Å². The van der Waals surface area contributed by atoms with Crippen molar-refractivity contribution in [3.8, 4) is 6.07 Å². The van der Waals surface area contributed by atoms with Crippen LogP contribution >= 0.6 is 0 Å². The van der Waals surface area contributed by atoms with E-state index in [1.165, 1.54) is 16.4 Å². The van der Waals surface area contributed by atoms with Crippen LogP contribution in [0.5, 0.6) is 0 Å². The molecule has 1 fully saturated rings. The van der Waals surface area contributed by atoms with Crippen LogP contribution in [-0.4, -0.2) is 62.1 Å². The monoisotopic (exact) mass is 309 g/mol. The normalized spacial score (nSPS) is 23.4. The fourth-order valence-electron chi connectivity index (χ4n) is 2.65. The summed E-state index contributed by atoms with van der Waals surface area (Å²) in [7, 11) is -0.0653. The zero-order valence-electron chi connectivity index (χ0n) is 12.1. The molecule has 0 amide bonds. The zero-order chi connectivity index (χ0) is 15.6. The van der Waals surface area contributed by atoms with Crippen molar-refractivity contribution in [2.24, 2.45) is 0 Å². The lowest BCUT2D eigenvalue weighted by Gasteiger charge is -2.26. The van der Waals surface area contributed by atoms with Crippen LogP contribution in [-0.2, 0) is 10.0 Å². The van der Waals surface area contributed by atoms with E-state index < -0.39 is 16.1 Å². The van der Waals surface area contributed by atoms with Gasteiger partial charge >= 0.3 is 0 Å². The summed E-state index contributed by atoms with van der Waals surface area (Å²) in [6, 6.07) is 7.78. The minimum atomic E-state index is -3.78. The number of likely N-dealkylation sites (N-methyl/N-ethyl adjacent to an activating group) is 1. The molecule has 0 aliphatic carbocycles. The van der Waals surface area contributed by atoms with Crippen LogP contribution in [0.3, 0.4) is 0 Å². The summed E-state index contributed by atoms with van der Waals surface area (Å²) >= 11 is 0. The Morgan fingerprint density at radius 3 is 2.71 bits per heavy atom. The van der Waals surface area contributed by atoms with Crippen molar-refractivity contribution in [1.82, 2.24) is 9.21 Å². The first-order valence-electron chi connectivity index (χ1n) is 6.70. The second-order valence-corrected chi connectivity index (χ2v) is 7.35. The summed E-state index contributed by atoms with van der Waals surface area (Å²) in [5.41, 5.74) is 0.127. The molecular weight excluding hydrogens is 290 g/mol. The molecule has 1 aromatic rings. The predicted octanol–water partition coefficient (Wildman–Crippen LogP) is 0.244. The van der Waals surface area contributed by atoms with Gasteiger partial charge in [-0.25, -0.2) is 8.42 Å². The molecule has 6 nitrogen and oxygen atoms in total. The van der Waals surface area contributed by atoms with Gasteiger partial charge in [0.05, 0.1) is 16.6 Å². The average Bonchev–Trinajstić information content (AvgIpc) is 2.79. The van der Waals surface area contributed by atoms with Crippen LogP contribution in [0.15, 0.2) is 29.2 Å². The van der Waals surface area contributed by atoms with E-state index in [1.54, 1.807) is 12.1 Å². The van der Waals surface area contributed by atoms with Crippen molar-refractivity contribution in [1.29, 1.82) is 5.26 Å². The Hall–Kier alpha value is -1.46. The Bertz CT molecular complexity index is 652. The fourth-order valence-corrected chi connectivity index (χ4v) is 4.46. The third-order valence-corrected chi connectivity index (χ3v) is 5.49. The third-order valence-electron chi connectivity index (χ3n) is 3.51. The summed E-state index contributed by atoms with van der Waals surface area (Å²) in [5, 5.41) is 18.9. The largest absolute Gasteiger partial charge is 0.392 e. The Morgan fingerprint density at radius 1 is 1.43 bits per heavy atom. The molecule has 0 bridgehead atoms. The Balaban J connectivity index is 2.40. The Kier molecular flexibility index (Phi) is 4.64. The van der Waals surface area contributed by atoms with Crippen LogP contribution in [0.2, 0.25) is 0 Å². The van der Waals surface area contributed by atoms with Crippen molar-refractivity contribution >= 4 is 10.0 Å². The standard InChI is InChI=1S/C14H19N3O3S/c1-16(2)9-12-7-13(18)10-17(12)21(19,20)14-6-4-3-5-11(14)8-15/h3-6,12-13,18H,7,9-10H2,1-2H3. The van der Waals surface area contributed by atoms with Crippen LogP contribution in [0.25, 0.3) is 0 Å². The lowest BCUT2D eigenvalue weighted by atomic mass is 10.2. The lowest BCUT2D eigenvalue weighted by molar-refractivity contribution is 0.188. The number of hydrogen-bond acceptors (Lipinski definition) is 5. The first kappa shape index (κ1) is 15.9. The van der Waals surface area contributed by atoms with Crippen LogP contribution in [0.4, 0.5) is 0 Å². The smallest absolute Gasteiger partial charge is 0.244 e. The number of benzene rings is 1. The van der Waals surface area contributed by atoms with Crippen LogP contribution < -0.4 is 0 Å². The van der Waals surface area contributed by atoms with E-state index in [0.717, 1.165) is 0 Å². The van der Waals surface area contributed by atoms with E-state index in [0.29, 0.717) is 13.0 Å². The van der Waals surface area contributed by atoms with Gasteiger partial charge in [-0.2, -0.15) is 9.57 Å². The van der Waals surface area contributed by atoms with Gasteiger partial charge in [-0.05, 0) is 32.6 Å². The molecule has 1 N–H and O–H groups in total. The second kappa shape index (κ2) is 6.12. The highest BCUT2D eigenvalue weighted by molar-refractivity contribution is 7.89. The molecule has 0 aromatic heterocycles. The maximum atomic E-state index is 12.8. The summed E-state index contributed by atoms with van der Waals surface area (Å²) in [6.45, 7) is 0.603. The molecule has 1 heterocycles. The summed E-state index contributed by atoms with van der Waals surface area (Å²) in [6.07, 6.45) is -0.259. The fraction of sp³-hybridized carbons (Fsp3) is 0.500. The van der Waals surface area contributed by atoms with Gasteiger partial charge in [-0.1, -0.05) is 12.1 Å². The number of hydrogen-bond donors (Lipinski definition) is 1. The maximum absolute atomic E-state index is 12.8. The van der Waals surface area contributed by atoms with Crippen LogP contribution in [0, 0.1) is 11.3 Å². The molecule has 1 aliphatic rings. The summed E-state index contributed by atoms with van der Waals surface area (Å²) < 4.78 is 26.9. The topological polar surface area (TPSA) is 84.6 Å². The molecule has 114 valence electrons. The summed E-state index contributed by atoms with van der Waals surface area (Å²) in [4.78, 5) is 1.90. The molecule has 0 spiro atoms. The highest BCUT2D eigenvalue weighted by Gasteiger charge is 2.40. The number of rotatable bonds is 4. The molecule has 7 heteroatoms. The molecular formula is C14H19N3O3S. The van der Waals surface area contributed by atoms with E-state index >= 15 is 0 Å². The maximum Gasteiger partial charge on any atom is 0.244 e. The Morgan fingerprint density at radius 2 is 2.10 bits per heavy atom.